The van der Waals surface area contributed by atoms with Crippen LogP contribution in [0, 0.1) is 6.92 Å². The Hall–Kier alpha value is -2.50. The smallest absolute Gasteiger partial charge is 0.350 e. The summed E-state index contributed by atoms with van der Waals surface area (Å²) in [5.41, 5.74) is 1.36. The third-order valence-corrected chi connectivity index (χ3v) is 6.14. The molecule has 9 nitrogen and oxygen atoms in total. The molecule has 2 aromatic rings. The van der Waals surface area contributed by atoms with Crippen molar-refractivity contribution in [2.24, 2.45) is 10.1 Å². The number of esters is 1. The van der Waals surface area contributed by atoms with Crippen molar-refractivity contribution in [2.75, 3.05) is 13.7 Å². The lowest BCUT2D eigenvalue weighted by Crippen LogP contribution is -2.38. The molecule has 29 heavy (non-hydrogen) atoms. The highest BCUT2D eigenvalue weighted by atomic mass is 32.2. The number of nitrogens with two attached hydrogens (primary N) is 1. The fourth-order valence-corrected chi connectivity index (χ4v) is 4.02. The predicted octanol–water partition coefficient (Wildman–Crippen LogP) is 1.70. The largest absolute Gasteiger partial charge is 0.462 e. The van der Waals surface area contributed by atoms with Crippen molar-refractivity contribution >= 4 is 33.3 Å². The summed E-state index contributed by atoms with van der Waals surface area (Å²) in [4.78, 5) is 21.1. The molecule has 0 spiro atoms. The predicted molar refractivity (Wildman–Crippen MR) is 112 cm³/mol. The van der Waals surface area contributed by atoms with Gasteiger partial charge in [-0.3, -0.25) is 4.99 Å². The summed E-state index contributed by atoms with van der Waals surface area (Å²) in [6, 6.07) is 6.16. The molecule has 0 saturated heterocycles. The molecule has 1 aromatic heterocycles. The maximum atomic E-state index is 12.0. The summed E-state index contributed by atoms with van der Waals surface area (Å²) >= 11 is 1.28. The maximum Gasteiger partial charge on any atom is 0.350 e. The van der Waals surface area contributed by atoms with Crippen molar-refractivity contribution in [1.82, 2.24) is 15.6 Å². The highest BCUT2D eigenvalue weighted by molar-refractivity contribution is 7.89. The topological polar surface area (TPSA) is 136 Å². The Bertz CT molecular complexity index is 1000. The first-order valence-electron chi connectivity index (χ1n) is 8.89. The average molecular weight is 440 g/mol. The standard InChI is InChI=1S/C18H25N5O4S2/c1-5-27-17(24)15-11(2)22-16(28-15)12(3)23-18(20-4)21-10-13-7-6-8-14(9-13)29(19,25)26/h6-9,12H,5,10H2,1-4H3,(H2,19,25,26)(H2,20,21,23). The number of carbonyl (C=O) groups excluding carboxylic acids is 1. The third kappa shape index (κ3) is 6.24. The zero-order valence-corrected chi connectivity index (χ0v) is 18.4. The fourth-order valence-electron chi connectivity index (χ4n) is 2.47. The number of carbonyl (C=O) groups is 1. The van der Waals surface area contributed by atoms with Crippen molar-refractivity contribution in [2.45, 2.75) is 38.3 Å². The van der Waals surface area contributed by atoms with Crippen LogP contribution in [0.2, 0.25) is 0 Å². The second-order valence-electron chi connectivity index (χ2n) is 6.17. The SMILES string of the molecule is CCOC(=O)c1sc(C(C)NC(=NC)NCc2cccc(S(N)(=O)=O)c2)nc1C. The first kappa shape index (κ1) is 22.8. The van der Waals surface area contributed by atoms with Gasteiger partial charge in [0.25, 0.3) is 0 Å². The number of nitrogens with one attached hydrogen (secondary N) is 2. The summed E-state index contributed by atoms with van der Waals surface area (Å²) in [5, 5.41) is 12.2. The fraction of sp³-hybridized carbons (Fsp3) is 0.389. The first-order valence-corrected chi connectivity index (χ1v) is 11.2. The van der Waals surface area contributed by atoms with Crippen LogP contribution in [0.25, 0.3) is 0 Å². The van der Waals surface area contributed by atoms with Crippen molar-refractivity contribution in [3.63, 3.8) is 0 Å². The average Bonchev–Trinajstić information content (AvgIpc) is 3.06. The van der Waals surface area contributed by atoms with Crippen molar-refractivity contribution < 1.29 is 17.9 Å². The number of ether oxygens (including phenoxy) is 1. The number of primary sulfonamides is 1. The molecule has 158 valence electrons. The molecule has 11 heteroatoms. The van der Waals surface area contributed by atoms with Gasteiger partial charge in [-0.15, -0.1) is 11.3 Å². The van der Waals surface area contributed by atoms with Gasteiger partial charge < -0.3 is 15.4 Å². The van der Waals surface area contributed by atoms with E-state index in [0.29, 0.717) is 29.7 Å². The normalized spacial score (nSPS) is 13.1. The zero-order chi connectivity index (χ0) is 21.6. The van der Waals surface area contributed by atoms with Gasteiger partial charge in [0.05, 0.1) is 23.2 Å². The van der Waals surface area contributed by atoms with Crippen molar-refractivity contribution in [3.05, 3.63) is 45.4 Å². The van der Waals surface area contributed by atoms with Crippen LogP contribution in [-0.4, -0.2) is 39.0 Å². The lowest BCUT2D eigenvalue weighted by molar-refractivity contribution is 0.0531. The highest BCUT2D eigenvalue weighted by Crippen LogP contribution is 2.24. The summed E-state index contributed by atoms with van der Waals surface area (Å²) < 4.78 is 28.0. The van der Waals surface area contributed by atoms with E-state index in [0.717, 1.165) is 10.6 Å². The van der Waals surface area contributed by atoms with E-state index >= 15 is 0 Å². The minimum Gasteiger partial charge on any atom is -0.462 e. The molecule has 0 bridgehead atoms. The van der Waals surface area contributed by atoms with Crippen LogP contribution in [0.4, 0.5) is 0 Å². The van der Waals surface area contributed by atoms with Gasteiger partial charge in [0.1, 0.15) is 9.88 Å². The van der Waals surface area contributed by atoms with E-state index < -0.39 is 10.0 Å². The van der Waals surface area contributed by atoms with Gasteiger partial charge in [0.15, 0.2) is 5.96 Å². The van der Waals surface area contributed by atoms with Crippen LogP contribution >= 0.6 is 11.3 Å². The van der Waals surface area contributed by atoms with Gasteiger partial charge in [0.2, 0.25) is 10.0 Å². The number of benzene rings is 1. The molecule has 0 aliphatic rings. The van der Waals surface area contributed by atoms with E-state index in [4.69, 9.17) is 9.88 Å². The number of aromatic nitrogens is 1. The minimum atomic E-state index is -3.76. The van der Waals surface area contributed by atoms with E-state index in [1.54, 1.807) is 33.0 Å². The molecule has 0 amide bonds. The number of thiazole rings is 1. The van der Waals surface area contributed by atoms with Gasteiger partial charge in [-0.2, -0.15) is 0 Å². The van der Waals surface area contributed by atoms with E-state index in [1.807, 2.05) is 6.92 Å². The second-order valence-corrected chi connectivity index (χ2v) is 8.76. The van der Waals surface area contributed by atoms with Gasteiger partial charge >= 0.3 is 5.97 Å². The van der Waals surface area contributed by atoms with Gasteiger partial charge in [-0.1, -0.05) is 12.1 Å². The second kappa shape index (κ2) is 9.81. The minimum absolute atomic E-state index is 0.0536. The van der Waals surface area contributed by atoms with Gasteiger partial charge in [-0.05, 0) is 38.5 Å². The molecule has 0 aliphatic heterocycles. The van der Waals surface area contributed by atoms with E-state index in [2.05, 4.69) is 20.6 Å². The Morgan fingerprint density at radius 3 is 2.76 bits per heavy atom. The number of rotatable bonds is 7. The van der Waals surface area contributed by atoms with Crippen LogP contribution in [0.1, 0.15) is 45.8 Å². The highest BCUT2D eigenvalue weighted by Gasteiger charge is 2.20. The lowest BCUT2D eigenvalue weighted by atomic mass is 10.2. The number of aliphatic imine (C=N–C) groups is 1. The molecule has 0 fully saturated rings. The van der Waals surface area contributed by atoms with E-state index in [-0.39, 0.29) is 16.9 Å². The van der Waals surface area contributed by atoms with Gasteiger partial charge in [0, 0.05) is 13.6 Å². The Balaban J connectivity index is 2.03. The summed E-state index contributed by atoms with van der Waals surface area (Å²) in [6.45, 7) is 6.09. The summed E-state index contributed by atoms with van der Waals surface area (Å²) in [6.07, 6.45) is 0. The molecule has 0 aliphatic carbocycles. The molecule has 1 aromatic carbocycles. The number of nitrogens with zero attached hydrogens (tertiary/aromatic N) is 2. The molecule has 1 unspecified atom stereocenters. The third-order valence-electron chi connectivity index (χ3n) is 3.91. The zero-order valence-electron chi connectivity index (χ0n) is 16.7. The molecule has 2 rings (SSSR count). The number of hydrogen-bond donors (Lipinski definition) is 3. The van der Waals surface area contributed by atoms with Crippen LogP contribution in [0.3, 0.4) is 0 Å². The molecule has 0 radical (unpaired) electrons. The molecular weight excluding hydrogens is 414 g/mol. The molecule has 1 atom stereocenters. The molecule has 4 N–H and O–H groups in total. The summed E-state index contributed by atoms with van der Waals surface area (Å²) in [7, 11) is -2.13. The lowest BCUT2D eigenvalue weighted by Gasteiger charge is -2.16. The molecule has 1 heterocycles. The molecular formula is C18H25N5O4S2. The number of hydrogen-bond acceptors (Lipinski definition) is 7. The van der Waals surface area contributed by atoms with Gasteiger partial charge in [-0.25, -0.2) is 23.3 Å². The van der Waals surface area contributed by atoms with Crippen LogP contribution < -0.4 is 15.8 Å². The van der Waals surface area contributed by atoms with Crippen molar-refractivity contribution in [3.8, 4) is 0 Å². The monoisotopic (exact) mass is 439 g/mol. The van der Waals surface area contributed by atoms with Crippen LogP contribution in [0.5, 0.6) is 0 Å². The Morgan fingerprint density at radius 2 is 2.14 bits per heavy atom. The van der Waals surface area contributed by atoms with Crippen molar-refractivity contribution in [1.29, 1.82) is 0 Å². The van der Waals surface area contributed by atoms with Crippen LogP contribution in [-0.2, 0) is 21.3 Å². The Kier molecular flexibility index (Phi) is 7.71. The number of guanidine groups is 1. The van der Waals surface area contributed by atoms with E-state index in [9.17, 15) is 13.2 Å². The molecule has 0 saturated carbocycles. The first-order chi connectivity index (χ1) is 13.7. The quantitative estimate of drug-likeness (QED) is 0.339. The Labute approximate surface area is 174 Å². The summed E-state index contributed by atoms with van der Waals surface area (Å²) in [5.74, 6) is 0.127. The van der Waals surface area contributed by atoms with Crippen LogP contribution in [0.15, 0.2) is 34.2 Å². The number of aryl methyl sites for hydroxylation is 1. The Morgan fingerprint density at radius 1 is 1.41 bits per heavy atom. The number of sulfonamides is 1. The maximum absolute atomic E-state index is 12.0. The van der Waals surface area contributed by atoms with E-state index in [1.165, 1.54) is 23.5 Å².